The van der Waals surface area contributed by atoms with Crippen LogP contribution in [0.3, 0.4) is 0 Å². The normalized spacial score (nSPS) is 21.0. The molecule has 0 bridgehead atoms. The summed E-state index contributed by atoms with van der Waals surface area (Å²) in [5.41, 5.74) is 1.56. The van der Waals surface area contributed by atoms with Crippen LogP contribution in [0.2, 0.25) is 0 Å². The van der Waals surface area contributed by atoms with E-state index in [0.29, 0.717) is 5.56 Å². The Labute approximate surface area is 120 Å². The van der Waals surface area contributed by atoms with Crippen LogP contribution in [-0.2, 0) is 6.54 Å². The summed E-state index contributed by atoms with van der Waals surface area (Å²) < 4.78 is 0. The molecule has 1 aromatic rings. The van der Waals surface area contributed by atoms with Crippen molar-refractivity contribution in [3.8, 4) is 0 Å². The highest BCUT2D eigenvalue weighted by atomic mass is 16.4. The Kier molecular flexibility index (Phi) is 4.03. The summed E-state index contributed by atoms with van der Waals surface area (Å²) in [6, 6.07) is 7.25. The lowest BCUT2D eigenvalue weighted by Crippen LogP contribution is -2.46. The molecule has 1 aromatic carbocycles. The van der Waals surface area contributed by atoms with E-state index in [1.54, 1.807) is 12.1 Å². The highest BCUT2D eigenvalue weighted by molar-refractivity contribution is 5.87. The summed E-state index contributed by atoms with van der Waals surface area (Å²) in [5.74, 6) is 0.121. The van der Waals surface area contributed by atoms with Gasteiger partial charge < -0.3 is 10.0 Å². The number of piperazine rings is 1. The zero-order valence-corrected chi connectivity index (χ0v) is 11.8. The van der Waals surface area contributed by atoms with Gasteiger partial charge in [0.05, 0.1) is 5.56 Å². The van der Waals surface area contributed by atoms with E-state index in [1.165, 1.54) is 38.0 Å². The molecule has 108 valence electrons. The molecule has 1 heterocycles. The van der Waals surface area contributed by atoms with E-state index < -0.39 is 5.97 Å². The molecule has 1 saturated heterocycles. The third-order valence-electron chi connectivity index (χ3n) is 4.29. The largest absolute Gasteiger partial charge is 0.478 e. The second-order valence-electron chi connectivity index (χ2n) is 6.02. The highest BCUT2D eigenvalue weighted by Gasteiger charge is 2.26. The molecule has 2 fully saturated rings. The van der Waals surface area contributed by atoms with Gasteiger partial charge in [-0.05, 0) is 36.5 Å². The fourth-order valence-electron chi connectivity index (χ4n) is 2.81. The van der Waals surface area contributed by atoms with Gasteiger partial charge in [0.2, 0.25) is 0 Å². The molecule has 0 unspecified atom stereocenters. The molecular weight excluding hydrogens is 252 g/mol. The number of benzene rings is 1. The van der Waals surface area contributed by atoms with Gasteiger partial charge in [-0.15, -0.1) is 0 Å². The molecule has 0 atom stereocenters. The average Bonchev–Trinajstić information content (AvgIpc) is 3.26. The van der Waals surface area contributed by atoms with Crippen molar-refractivity contribution in [1.82, 2.24) is 9.80 Å². The molecular formula is C16H22N2O2. The first-order valence-corrected chi connectivity index (χ1v) is 7.47. The number of rotatable bonds is 5. The van der Waals surface area contributed by atoms with Gasteiger partial charge in [0.15, 0.2) is 0 Å². The number of aromatic carboxylic acids is 1. The number of carboxylic acid groups (broad SMARTS) is 1. The summed E-state index contributed by atoms with van der Waals surface area (Å²) >= 11 is 0. The van der Waals surface area contributed by atoms with Crippen LogP contribution < -0.4 is 0 Å². The number of hydrogen-bond acceptors (Lipinski definition) is 3. The van der Waals surface area contributed by atoms with Crippen molar-refractivity contribution in [3.63, 3.8) is 0 Å². The summed E-state index contributed by atoms with van der Waals surface area (Å²) in [6.07, 6.45) is 2.85. The van der Waals surface area contributed by atoms with Crippen LogP contribution in [0.25, 0.3) is 0 Å². The molecule has 20 heavy (non-hydrogen) atoms. The minimum atomic E-state index is -0.856. The van der Waals surface area contributed by atoms with Crippen LogP contribution in [0.1, 0.15) is 28.8 Å². The van der Waals surface area contributed by atoms with Gasteiger partial charge in [0.1, 0.15) is 0 Å². The lowest BCUT2D eigenvalue weighted by Gasteiger charge is -2.34. The number of nitrogens with zero attached hydrogens (tertiary/aromatic N) is 2. The summed E-state index contributed by atoms with van der Waals surface area (Å²) in [6.45, 7) is 6.80. The van der Waals surface area contributed by atoms with E-state index in [1.807, 2.05) is 12.1 Å². The van der Waals surface area contributed by atoms with E-state index in [-0.39, 0.29) is 0 Å². The molecule has 0 aromatic heterocycles. The van der Waals surface area contributed by atoms with Crippen molar-refractivity contribution in [2.45, 2.75) is 19.4 Å². The molecule has 0 spiro atoms. The number of hydrogen-bond donors (Lipinski definition) is 1. The van der Waals surface area contributed by atoms with Crippen LogP contribution in [-0.4, -0.2) is 53.6 Å². The smallest absolute Gasteiger partial charge is 0.335 e. The van der Waals surface area contributed by atoms with Crippen molar-refractivity contribution < 1.29 is 9.90 Å². The fraction of sp³-hybridized carbons (Fsp3) is 0.562. The Morgan fingerprint density at radius 2 is 1.65 bits per heavy atom. The predicted molar refractivity (Wildman–Crippen MR) is 77.8 cm³/mol. The van der Waals surface area contributed by atoms with Crippen LogP contribution in [0.5, 0.6) is 0 Å². The van der Waals surface area contributed by atoms with E-state index in [2.05, 4.69) is 9.80 Å². The van der Waals surface area contributed by atoms with Crippen molar-refractivity contribution >= 4 is 5.97 Å². The maximum atomic E-state index is 10.8. The molecule has 4 nitrogen and oxygen atoms in total. The molecule has 1 aliphatic heterocycles. The molecule has 4 heteroatoms. The van der Waals surface area contributed by atoms with Crippen LogP contribution in [0, 0.1) is 5.92 Å². The van der Waals surface area contributed by atoms with Crippen molar-refractivity contribution in [2.24, 2.45) is 5.92 Å². The third kappa shape index (κ3) is 3.58. The van der Waals surface area contributed by atoms with E-state index in [9.17, 15) is 4.79 Å². The van der Waals surface area contributed by atoms with Gasteiger partial charge in [-0.2, -0.15) is 0 Å². The second kappa shape index (κ2) is 5.94. The monoisotopic (exact) mass is 274 g/mol. The molecule has 1 aliphatic carbocycles. The maximum absolute atomic E-state index is 10.8. The standard InChI is InChI=1S/C16H22N2O2/c19-16(20)15-5-3-14(4-6-15)12-18-9-7-17(8-10-18)11-13-1-2-13/h3-6,13H,1-2,7-12H2,(H,19,20). The Morgan fingerprint density at radius 1 is 1.05 bits per heavy atom. The SMILES string of the molecule is O=C(O)c1ccc(CN2CCN(CC3CC3)CC2)cc1. The summed E-state index contributed by atoms with van der Waals surface area (Å²) in [7, 11) is 0. The summed E-state index contributed by atoms with van der Waals surface area (Å²) in [5, 5.41) is 8.89. The molecule has 1 N–H and O–H groups in total. The zero-order valence-electron chi connectivity index (χ0n) is 11.8. The Morgan fingerprint density at radius 3 is 2.20 bits per heavy atom. The van der Waals surface area contributed by atoms with Gasteiger partial charge in [-0.25, -0.2) is 4.79 Å². The fourth-order valence-corrected chi connectivity index (χ4v) is 2.81. The topological polar surface area (TPSA) is 43.8 Å². The third-order valence-corrected chi connectivity index (χ3v) is 4.29. The van der Waals surface area contributed by atoms with Gasteiger partial charge in [-0.1, -0.05) is 12.1 Å². The van der Waals surface area contributed by atoms with Gasteiger partial charge in [0, 0.05) is 39.3 Å². The molecule has 0 amide bonds. The van der Waals surface area contributed by atoms with Crippen molar-refractivity contribution in [1.29, 1.82) is 0 Å². The lowest BCUT2D eigenvalue weighted by atomic mass is 10.1. The first-order chi connectivity index (χ1) is 9.70. The minimum Gasteiger partial charge on any atom is -0.478 e. The first-order valence-electron chi connectivity index (χ1n) is 7.47. The van der Waals surface area contributed by atoms with Crippen LogP contribution in [0.4, 0.5) is 0 Å². The summed E-state index contributed by atoms with van der Waals surface area (Å²) in [4.78, 5) is 15.9. The maximum Gasteiger partial charge on any atom is 0.335 e. The van der Waals surface area contributed by atoms with E-state index in [4.69, 9.17) is 5.11 Å². The molecule has 2 aliphatic rings. The predicted octanol–water partition coefficient (Wildman–Crippen LogP) is 1.91. The van der Waals surface area contributed by atoms with Crippen molar-refractivity contribution in [2.75, 3.05) is 32.7 Å². The zero-order chi connectivity index (χ0) is 13.9. The van der Waals surface area contributed by atoms with Crippen molar-refractivity contribution in [3.05, 3.63) is 35.4 Å². The molecule has 0 radical (unpaired) electrons. The number of carbonyl (C=O) groups is 1. The van der Waals surface area contributed by atoms with Gasteiger partial charge >= 0.3 is 5.97 Å². The highest BCUT2D eigenvalue weighted by Crippen LogP contribution is 2.29. The van der Waals surface area contributed by atoms with E-state index >= 15 is 0 Å². The van der Waals surface area contributed by atoms with E-state index in [0.717, 1.165) is 25.6 Å². The minimum absolute atomic E-state index is 0.364. The number of carboxylic acids is 1. The second-order valence-corrected chi connectivity index (χ2v) is 6.02. The lowest BCUT2D eigenvalue weighted by molar-refractivity contribution is 0.0697. The van der Waals surface area contributed by atoms with Crippen LogP contribution >= 0.6 is 0 Å². The van der Waals surface area contributed by atoms with Gasteiger partial charge in [0.25, 0.3) is 0 Å². The first kappa shape index (κ1) is 13.6. The molecule has 1 saturated carbocycles. The van der Waals surface area contributed by atoms with Crippen LogP contribution in [0.15, 0.2) is 24.3 Å². The Balaban J connectivity index is 1.47. The van der Waals surface area contributed by atoms with Gasteiger partial charge in [-0.3, -0.25) is 4.90 Å². The average molecular weight is 274 g/mol. The quantitative estimate of drug-likeness (QED) is 0.891. The Hall–Kier alpha value is -1.39. The Bertz CT molecular complexity index is 460. The molecule has 3 rings (SSSR count).